The maximum absolute atomic E-state index is 5.78. The first-order valence-corrected chi connectivity index (χ1v) is 9.21. The van der Waals surface area contributed by atoms with Crippen molar-refractivity contribution in [2.45, 2.75) is 52.0 Å². The Morgan fingerprint density at radius 1 is 1.22 bits per heavy atom. The summed E-state index contributed by atoms with van der Waals surface area (Å²) < 4.78 is 5.78. The van der Waals surface area contributed by atoms with E-state index in [9.17, 15) is 0 Å². The van der Waals surface area contributed by atoms with Crippen molar-refractivity contribution in [2.24, 2.45) is 5.92 Å². The van der Waals surface area contributed by atoms with Crippen LogP contribution in [0, 0.1) is 17.8 Å². The van der Waals surface area contributed by atoms with E-state index in [1.54, 1.807) is 21.6 Å². The quantitative estimate of drug-likeness (QED) is 0.302. The molecule has 0 bridgehead atoms. The number of rotatable bonds is 9. The van der Waals surface area contributed by atoms with Crippen LogP contribution in [-0.4, -0.2) is 30.9 Å². The van der Waals surface area contributed by atoms with Gasteiger partial charge in [0, 0.05) is 12.0 Å². The maximum Gasteiger partial charge on any atom is 0.114 e. The molecule has 0 rings (SSSR count). The van der Waals surface area contributed by atoms with Gasteiger partial charge in [-0.25, -0.2) is 0 Å². The van der Waals surface area contributed by atoms with E-state index in [1.165, 1.54) is 0 Å². The minimum absolute atomic E-state index is 0.260. The van der Waals surface area contributed by atoms with Crippen molar-refractivity contribution in [1.29, 1.82) is 0 Å². The highest BCUT2D eigenvalue weighted by Crippen LogP contribution is 2.27. The Morgan fingerprint density at radius 3 is 2.50 bits per heavy atom. The molecule has 0 aliphatic carbocycles. The van der Waals surface area contributed by atoms with Gasteiger partial charge in [0.2, 0.25) is 0 Å². The van der Waals surface area contributed by atoms with Crippen molar-refractivity contribution in [1.82, 2.24) is 5.32 Å². The Kier molecular flexibility index (Phi) is 12.3. The lowest BCUT2D eigenvalue weighted by Crippen LogP contribution is -2.24. The lowest BCUT2D eigenvalue weighted by Gasteiger charge is -2.15. The first-order valence-electron chi connectivity index (χ1n) is 6.59. The third-order valence-corrected chi connectivity index (χ3v) is 4.11. The molecule has 0 unspecified atom stereocenters. The van der Waals surface area contributed by atoms with Gasteiger partial charge in [0.1, 0.15) is 12.0 Å². The van der Waals surface area contributed by atoms with Crippen molar-refractivity contribution in [3.8, 4) is 11.8 Å². The summed E-state index contributed by atoms with van der Waals surface area (Å²) in [7, 11) is 3.55. The standard InChI is InChI=1S/C14H27NOS2/c1-12(2)8-7-11-16-14(18-17-5)9-6-10-15-13(3)4/h12-15H,6,9-11H2,1-5H3/t14-/m0/s1. The van der Waals surface area contributed by atoms with Gasteiger partial charge in [-0.1, -0.05) is 61.1 Å². The van der Waals surface area contributed by atoms with E-state index in [2.05, 4.69) is 51.1 Å². The van der Waals surface area contributed by atoms with Crippen LogP contribution in [0.3, 0.4) is 0 Å². The van der Waals surface area contributed by atoms with Crippen molar-refractivity contribution >= 4 is 21.6 Å². The zero-order chi connectivity index (χ0) is 13.8. The minimum atomic E-state index is 0.260. The van der Waals surface area contributed by atoms with Crippen molar-refractivity contribution < 1.29 is 4.74 Å². The van der Waals surface area contributed by atoms with Gasteiger partial charge in [0.15, 0.2) is 0 Å². The van der Waals surface area contributed by atoms with E-state index in [-0.39, 0.29) is 5.44 Å². The molecule has 0 radical (unpaired) electrons. The summed E-state index contributed by atoms with van der Waals surface area (Å²) in [5.74, 6) is 6.62. The highest BCUT2D eigenvalue weighted by Gasteiger charge is 2.08. The Morgan fingerprint density at radius 2 is 1.94 bits per heavy atom. The van der Waals surface area contributed by atoms with Crippen LogP contribution in [0.15, 0.2) is 0 Å². The van der Waals surface area contributed by atoms with Crippen LogP contribution in [0.1, 0.15) is 40.5 Å². The molecular weight excluding hydrogens is 262 g/mol. The van der Waals surface area contributed by atoms with Crippen LogP contribution in [0.5, 0.6) is 0 Å². The average molecular weight is 290 g/mol. The molecule has 18 heavy (non-hydrogen) atoms. The van der Waals surface area contributed by atoms with Crippen molar-refractivity contribution in [2.75, 3.05) is 19.4 Å². The molecule has 0 fully saturated rings. The Bertz CT molecular complexity index is 246. The summed E-state index contributed by atoms with van der Waals surface area (Å²) in [6, 6.07) is 0.564. The van der Waals surface area contributed by atoms with Gasteiger partial charge in [-0.05, 0) is 25.6 Å². The second-order valence-electron chi connectivity index (χ2n) is 4.73. The molecule has 0 heterocycles. The molecule has 2 nitrogen and oxygen atoms in total. The van der Waals surface area contributed by atoms with Gasteiger partial charge >= 0.3 is 0 Å². The first-order chi connectivity index (χ1) is 8.56. The molecule has 0 aliphatic rings. The number of nitrogens with one attached hydrogen (secondary N) is 1. The smallest absolute Gasteiger partial charge is 0.114 e. The monoisotopic (exact) mass is 289 g/mol. The minimum Gasteiger partial charge on any atom is -0.354 e. The van der Waals surface area contributed by atoms with Gasteiger partial charge in [-0.2, -0.15) is 0 Å². The van der Waals surface area contributed by atoms with Crippen LogP contribution in [0.2, 0.25) is 0 Å². The highest BCUT2D eigenvalue weighted by atomic mass is 33.1. The molecular formula is C14H27NOS2. The zero-order valence-electron chi connectivity index (χ0n) is 12.3. The average Bonchev–Trinajstić information content (AvgIpc) is 2.29. The summed E-state index contributed by atoms with van der Waals surface area (Å²) in [6.45, 7) is 10.1. The molecule has 0 spiro atoms. The Hall–Kier alpha value is 0.180. The predicted molar refractivity (Wildman–Crippen MR) is 85.8 cm³/mol. The fourth-order valence-electron chi connectivity index (χ4n) is 1.31. The van der Waals surface area contributed by atoms with Gasteiger partial charge in [0.05, 0.1) is 0 Å². The Labute approximate surface area is 121 Å². The zero-order valence-corrected chi connectivity index (χ0v) is 13.9. The van der Waals surface area contributed by atoms with Crippen molar-refractivity contribution in [3.63, 3.8) is 0 Å². The molecule has 0 amide bonds. The molecule has 0 saturated heterocycles. The molecule has 0 aromatic rings. The molecule has 1 N–H and O–H groups in total. The number of hydrogen-bond acceptors (Lipinski definition) is 4. The molecule has 106 valence electrons. The SMILES string of the molecule is CSS[C@@H](CCCNC(C)C)OCC#CC(C)C. The van der Waals surface area contributed by atoms with Crippen LogP contribution in [0.4, 0.5) is 0 Å². The lowest BCUT2D eigenvalue weighted by atomic mass is 10.2. The summed E-state index contributed by atoms with van der Waals surface area (Å²) in [4.78, 5) is 0. The third-order valence-electron chi connectivity index (χ3n) is 2.10. The van der Waals surface area contributed by atoms with Crippen LogP contribution >= 0.6 is 21.6 Å². The van der Waals surface area contributed by atoms with E-state index in [0.29, 0.717) is 18.6 Å². The summed E-state index contributed by atoms with van der Waals surface area (Å²) in [5, 5.41) is 3.43. The predicted octanol–water partition coefficient (Wildman–Crippen LogP) is 3.78. The topological polar surface area (TPSA) is 21.3 Å². The van der Waals surface area contributed by atoms with Crippen LogP contribution in [-0.2, 0) is 4.74 Å². The fourth-order valence-corrected chi connectivity index (χ4v) is 3.01. The fraction of sp³-hybridized carbons (Fsp3) is 0.857. The van der Waals surface area contributed by atoms with E-state index < -0.39 is 0 Å². The van der Waals surface area contributed by atoms with E-state index >= 15 is 0 Å². The summed E-state index contributed by atoms with van der Waals surface area (Å²) in [6.07, 6.45) is 4.32. The Balaban J connectivity index is 3.75. The van der Waals surface area contributed by atoms with Gasteiger partial charge in [-0.3, -0.25) is 0 Å². The van der Waals surface area contributed by atoms with Gasteiger partial charge < -0.3 is 10.1 Å². The van der Waals surface area contributed by atoms with Gasteiger partial charge in [0.25, 0.3) is 0 Å². The first kappa shape index (κ1) is 18.2. The second kappa shape index (κ2) is 12.2. The van der Waals surface area contributed by atoms with E-state index in [4.69, 9.17) is 4.74 Å². The molecule has 0 aromatic heterocycles. The second-order valence-corrected chi connectivity index (χ2v) is 7.36. The van der Waals surface area contributed by atoms with Crippen LogP contribution < -0.4 is 5.32 Å². The van der Waals surface area contributed by atoms with E-state index in [0.717, 1.165) is 19.4 Å². The van der Waals surface area contributed by atoms with Crippen molar-refractivity contribution in [3.05, 3.63) is 0 Å². The highest BCUT2D eigenvalue weighted by molar-refractivity contribution is 8.76. The van der Waals surface area contributed by atoms with Crippen LogP contribution in [0.25, 0.3) is 0 Å². The summed E-state index contributed by atoms with van der Waals surface area (Å²) in [5.41, 5.74) is 0.260. The molecule has 0 saturated carbocycles. The third kappa shape index (κ3) is 12.6. The van der Waals surface area contributed by atoms with Gasteiger partial charge in [-0.15, -0.1) is 0 Å². The number of ether oxygens (including phenoxy) is 1. The molecule has 0 aromatic carbocycles. The maximum atomic E-state index is 5.78. The molecule has 1 atom stereocenters. The number of hydrogen-bond donors (Lipinski definition) is 1. The summed E-state index contributed by atoms with van der Waals surface area (Å²) >= 11 is 0. The largest absolute Gasteiger partial charge is 0.354 e. The normalized spacial score (nSPS) is 12.6. The molecule has 4 heteroatoms. The van der Waals surface area contributed by atoms with E-state index in [1.807, 2.05) is 0 Å². The lowest BCUT2D eigenvalue weighted by molar-refractivity contribution is 0.136. The molecule has 0 aliphatic heterocycles.